The summed E-state index contributed by atoms with van der Waals surface area (Å²) < 4.78 is 23.5. The molecule has 3 rings (SSSR count). The van der Waals surface area contributed by atoms with Crippen molar-refractivity contribution in [1.82, 2.24) is 4.90 Å². The number of halogens is 1. The van der Waals surface area contributed by atoms with Crippen LogP contribution in [0.1, 0.15) is 10.4 Å². The van der Waals surface area contributed by atoms with E-state index in [1.54, 1.807) is 37.4 Å². The van der Waals surface area contributed by atoms with E-state index < -0.39 is 0 Å². The lowest BCUT2D eigenvalue weighted by atomic mass is 10.1. The van der Waals surface area contributed by atoms with Gasteiger partial charge in [-0.3, -0.25) is 4.79 Å². The van der Waals surface area contributed by atoms with E-state index in [4.69, 9.17) is 9.47 Å². The van der Waals surface area contributed by atoms with Crippen LogP contribution in [0.15, 0.2) is 42.5 Å². The highest BCUT2D eigenvalue weighted by molar-refractivity contribution is 5.97. The molecule has 2 aromatic carbocycles. The minimum atomic E-state index is -0.246. The molecule has 0 unspecified atom stereocenters. The number of hydrogen-bond acceptors (Lipinski definition) is 4. The predicted molar refractivity (Wildman–Crippen MR) is 94.1 cm³/mol. The molecule has 1 amide bonds. The van der Waals surface area contributed by atoms with Gasteiger partial charge in [0.05, 0.1) is 19.8 Å². The summed E-state index contributed by atoms with van der Waals surface area (Å²) in [7, 11) is 3.11. The number of rotatable bonds is 4. The van der Waals surface area contributed by atoms with Crippen LogP contribution in [0, 0.1) is 5.82 Å². The molecule has 1 saturated heterocycles. The average molecular weight is 344 g/mol. The van der Waals surface area contributed by atoms with Gasteiger partial charge < -0.3 is 19.3 Å². The van der Waals surface area contributed by atoms with Crippen molar-refractivity contribution in [1.29, 1.82) is 0 Å². The fraction of sp³-hybridized carbons (Fsp3) is 0.316. The van der Waals surface area contributed by atoms with Gasteiger partial charge in [0.2, 0.25) is 0 Å². The zero-order chi connectivity index (χ0) is 17.8. The van der Waals surface area contributed by atoms with Gasteiger partial charge in [-0.15, -0.1) is 0 Å². The van der Waals surface area contributed by atoms with E-state index in [0.29, 0.717) is 43.2 Å². The van der Waals surface area contributed by atoms with Crippen molar-refractivity contribution in [3.8, 4) is 11.5 Å². The van der Waals surface area contributed by atoms with Crippen molar-refractivity contribution in [2.75, 3.05) is 45.3 Å². The van der Waals surface area contributed by atoms with Crippen LogP contribution in [-0.4, -0.2) is 51.2 Å². The number of carbonyl (C=O) groups excluding carboxylic acids is 1. The Labute approximate surface area is 146 Å². The molecule has 0 aromatic heterocycles. The molecular formula is C19H21FN2O3. The number of carbonyl (C=O) groups is 1. The Kier molecular flexibility index (Phi) is 5.07. The molecule has 0 spiro atoms. The quantitative estimate of drug-likeness (QED) is 0.855. The van der Waals surface area contributed by atoms with Crippen LogP contribution in [0.5, 0.6) is 11.5 Å². The lowest BCUT2D eigenvalue weighted by molar-refractivity contribution is 0.0743. The van der Waals surface area contributed by atoms with Gasteiger partial charge in [-0.05, 0) is 36.4 Å². The van der Waals surface area contributed by atoms with E-state index >= 15 is 0 Å². The van der Waals surface area contributed by atoms with Gasteiger partial charge in [-0.1, -0.05) is 0 Å². The smallest absolute Gasteiger partial charge is 0.257 e. The second kappa shape index (κ2) is 7.42. The molecule has 0 N–H and O–H groups in total. The normalized spacial score (nSPS) is 14.4. The summed E-state index contributed by atoms with van der Waals surface area (Å²) in [4.78, 5) is 16.8. The molecule has 6 heteroatoms. The molecule has 1 heterocycles. The van der Waals surface area contributed by atoms with Gasteiger partial charge in [0.1, 0.15) is 17.3 Å². The maximum absolute atomic E-state index is 13.0. The highest BCUT2D eigenvalue weighted by Gasteiger charge is 2.24. The van der Waals surface area contributed by atoms with E-state index in [9.17, 15) is 9.18 Å². The molecule has 25 heavy (non-hydrogen) atoms. The largest absolute Gasteiger partial charge is 0.497 e. The minimum absolute atomic E-state index is 0.0572. The second-order valence-corrected chi connectivity index (χ2v) is 5.82. The third-order valence-electron chi connectivity index (χ3n) is 4.40. The van der Waals surface area contributed by atoms with Crippen molar-refractivity contribution in [3.05, 3.63) is 53.8 Å². The SMILES string of the molecule is COc1ccc(C(=O)N2CCN(c3ccc(F)cc3)CC2)c(OC)c1. The molecule has 132 valence electrons. The summed E-state index contributed by atoms with van der Waals surface area (Å²) >= 11 is 0. The first-order chi connectivity index (χ1) is 12.1. The van der Waals surface area contributed by atoms with Crippen LogP contribution in [0.2, 0.25) is 0 Å². The van der Waals surface area contributed by atoms with Crippen molar-refractivity contribution in [2.24, 2.45) is 0 Å². The Morgan fingerprint density at radius 3 is 2.24 bits per heavy atom. The Morgan fingerprint density at radius 2 is 1.64 bits per heavy atom. The number of hydrogen-bond donors (Lipinski definition) is 0. The van der Waals surface area contributed by atoms with Crippen LogP contribution in [0.4, 0.5) is 10.1 Å². The zero-order valence-corrected chi connectivity index (χ0v) is 14.4. The average Bonchev–Trinajstić information content (AvgIpc) is 2.67. The fourth-order valence-electron chi connectivity index (χ4n) is 2.97. The topological polar surface area (TPSA) is 42.0 Å². The molecule has 1 aliphatic heterocycles. The van der Waals surface area contributed by atoms with Gasteiger partial charge >= 0.3 is 0 Å². The number of methoxy groups -OCH3 is 2. The molecule has 0 atom stereocenters. The second-order valence-electron chi connectivity index (χ2n) is 5.82. The summed E-state index contributed by atoms with van der Waals surface area (Å²) in [5.74, 6) is 0.849. The number of benzene rings is 2. The highest BCUT2D eigenvalue weighted by Crippen LogP contribution is 2.26. The molecule has 2 aromatic rings. The Bertz CT molecular complexity index is 741. The summed E-state index contributed by atoms with van der Waals surface area (Å²) in [6.07, 6.45) is 0. The van der Waals surface area contributed by atoms with Crippen LogP contribution in [0.25, 0.3) is 0 Å². The predicted octanol–water partition coefficient (Wildman–Crippen LogP) is 2.81. The van der Waals surface area contributed by atoms with Gasteiger partial charge in [-0.2, -0.15) is 0 Å². The summed E-state index contributed by atoms with van der Waals surface area (Å²) in [6.45, 7) is 2.61. The van der Waals surface area contributed by atoms with Crippen LogP contribution < -0.4 is 14.4 Å². The number of nitrogens with zero attached hydrogens (tertiary/aromatic N) is 2. The fourth-order valence-corrected chi connectivity index (χ4v) is 2.97. The number of ether oxygens (including phenoxy) is 2. The monoisotopic (exact) mass is 344 g/mol. The maximum Gasteiger partial charge on any atom is 0.257 e. The van der Waals surface area contributed by atoms with E-state index in [0.717, 1.165) is 5.69 Å². The molecular weight excluding hydrogens is 323 g/mol. The molecule has 0 saturated carbocycles. The van der Waals surface area contributed by atoms with Crippen molar-refractivity contribution in [2.45, 2.75) is 0 Å². The number of anilines is 1. The molecule has 0 radical (unpaired) electrons. The van der Waals surface area contributed by atoms with Crippen molar-refractivity contribution >= 4 is 11.6 Å². The lowest BCUT2D eigenvalue weighted by Gasteiger charge is -2.36. The highest BCUT2D eigenvalue weighted by atomic mass is 19.1. The first-order valence-corrected chi connectivity index (χ1v) is 8.14. The van der Waals surface area contributed by atoms with Gasteiger partial charge in [0.25, 0.3) is 5.91 Å². The molecule has 1 aliphatic rings. The van der Waals surface area contributed by atoms with Crippen molar-refractivity contribution < 1.29 is 18.7 Å². The molecule has 0 aliphatic carbocycles. The Balaban J connectivity index is 1.68. The van der Waals surface area contributed by atoms with Gasteiger partial charge in [0.15, 0.2) is 0 Å². The third-order valence-corrected chi connectivity index (χ3v) is 4.40. The van der Waals surface area contributed by atoms with Crippen LogP contribution in [-0.2, 0) is 0 Å². The summed E-state index contributed by atoms with van der Waals surface area (Å²) in [6, 6.07) is 11.6. The zero-order valence-electron chi connectivity index (χ0n) is 14.4. The third kappa shape index (κ3) is 3.68. The van der Waals surface area contributed by atoms with Crippen LogP contribution >= 0.6 is 0 Å². The Hall–Kier alpha value is -2.76. The molecule has 5 nitrogen and oxygen atoms in total. The van der Waals surface area contributed by atoms with Crippen LogP contribution in [0.3, 0.4) is 0 Å². The minimum Gasteiger partial charge on any atom is -0.497 e. The van der Waals surface area contributed by atoms with Gasteiger partial charge in [0, 0.05) is 37.9 Å². The first kappa shape index (κ1) is 17.1. The van der Waals surface area contributed by atoms with E-state index in [-0.39, 0.29) is 11.7 Å². The lowest BCUT2D eigenvalue weighted by Crippen LogP contribution is -2.48. The first-order valence-electron chi connectivity index (χ1n) is 8.14. The maximum atomic E-state index is 13.0. The molecule has 0 bridgehead atoms. The van der Waals surface area contributed by atoms with Gasteiger partial charge in [-0.25, -0.2) is 4.39 Å². The van der Waals surface area contributed by atoms with E-state index in [2.05, 4.69) is 4.90 Å². The van der Waals surface area contributed by atoms with E-state index in [1.807, 2.05) is 4.90 Å². The summed E-state index contributed by atoms with van der Waals surface area (Å²) in [5, 5.41) is 0. The Morgan fingerprint density at radius 1 is 0.960 bits per heavy atom. The number of amides is 1. The summed E-state index contributed by atoms with van der Waals surface area (Å²) in [5.41, 5.74) is 1.49. The standard InChI is InChI=1S/C19H21FN2O3/c1-24-16-7-8-17(18(13-16)25-2)19(23)22-11-9-21(10-12-22)15-5-3-14(20)4-6-15/h3-8,13H,9-12H2,1-2H3. The van der Waals surface area contributed by atoms with Crippen molar-refractivity contribution in [3.63, 3.8) is 0 Å². The van der Waals surface area contributed by atoms with E-state index in [1.165, 1.54) is 19.2 Å². The molecule has 1 fully saturated rings. The number of piperazine rings is 1.